The van der Waals surface area contributed by atoms with Gasteiger partial charge in [-0.15, -0.1) is 0 Å². The molecule has 3 nitrogen and oxygen atoms in total. The summed E-state index contributed by atoms with van der Waals surface area (Å²) in [4.78, 5) is 10.4. The molecule has 1 N–H and O–H groups in total. The van der Waals surface area contributed by atoms with Gasteiger partial charge in [0, 0.05) is 18.5 Å². The summed E-state index contributed by atoms with van der Waals surface area (Å²) in [6.07, 6.45) is 0. The summed E-state index contributed by atoms with van der Waals surface area (Å²) in [5.41, 5.74) is 0.0741. The minimum absolute atomic E-state index is 0.0741. The molecule has 1 rings (SSSR count). The van der Waals surface area contributed by atoms with Crippen LogP contribution < -0.4 is 28.4 Å². The maximum atomic E-state index is 10.4. The first-order chi connectivity index (χ1) is 4.72. The van der Waals surface area contributed by atoms with E-state index in [1.807, 2.05) is 0 Å². The van der Waals surface area contributed by atoms with Gasteiger partial charge in [-0.1, -0.05) is 11.5 Å². The van der Waals surface area contributed by atoms with E-state index in [1.165, 1.54) is 11.5 Å². The van der Waals surface area contributed by atoms with Crippen LogP contribution in [0.15, 0.2) is 16.2 Å². The van der Waals surface area contributed by atoms with Crippen LogP contribution in [0.1, 0.15) is 0 Å². The number of halogens is 1. The van der Waals surface area contributed by atoms with Crippen molar-refractivity contribution in [2.45, 2.75) is 0 Å². The van der Waals surface area contributed by atoms with Crippen molar-refractivity contribution in [2.24, 2.45) is 7.05 Å². The molecule has 0 amide bonds. The van der Waals surface area contributed by atoms with E-state index in [2.05, 4.69) is 0 Å². The van der Waals surface area contributed by atoms with Gasteiger partial charge in [-0.2, -0.15) is 0 Å². The SMILES string of the molecule is Cn1sccc1=O.[3H][I-]O. The van der Waals surface area contributed by atoms with Gasteiger partial charge in [-0.3, -0.25) is 8.75 Å². The van der Waals surface area contributed by atoms with Crippen LogP contribution >= 0.6 is 11.5 Å². The van der Waals surface area contributed by atoms with Crippen LogP contribution in [0.5, 0.6) is 0 Å². The molecule has 9 heavy (non-hydrogen) atoms. The second-order valence-electron chi connectivity index (χ2n) is 1.24. The standard InChI is InChI=1S/C4H5NOS.H2IO/c1-5-4(6)2-3-7-5;1-2/h2-3H,1H3;1-2H/q;-1/i;1T. The number of aromatic nitrogens is 1. The second kappa shape index (κ2) is 4.95. The van der Waals surface area contributed by atoms with Gasteiger partial charge in [-0.05, 0) is 0 Å². The fourth-order valence-corrected chi connectivity index (χ4v) is 0.861. The summed E-state index contributed by atoms with van der Waals surface area (Å²) in [7, 11) is 1.74. The first kappa shape index (κ1) is 7.23. The van der Waals surface area contributed by atoms with Gasteiger partial charge in [0.15, 0.2) is 0 Å². The molecule has 0 spiro atoms. The van der Waals surface area contributed by atoms with Crippen LogP contribution in [0.25, 0.3) is 0 Å². The molecule has 0 radical (unpaired) electrons. The Morgan fingerprint density at radius 3 is 2.78 bits per heavy atom. The summed E-state index contributed by atoms with van der Waals surface area (Å²) < 4.78 is 14.8. The summed E-state index contributed by atoms with van der Waals surface area (Å²) in [6.45, 7) is 0. The third-order valence-electron chi connectivity index (χ3n) is 0.740. The Kier molecular flexibility index (Phi) is 3.98. The van der Waals surface area contributed by atoms with Crippen molar-refractivity contribution in [3.63, 3.8) is 0 Å². The number of aryl methyl sites for hydroxylation is 1. The molecule has 0 unspecified atom stereocenters. The summed E-state index contributed by atoms with van der Waals surface area (Å²) in [6, 6.07) is 1.55. The van der Waals surface area contributed by atoms with Crippen LogP contribution in [-0.2, 0) is 7.05 Å². The normalized spacial score (nSPS) is 9.78. The van der Waals surface area contributed by atoms with E-state index in [4.69, 9.17) is 4.03 Å². The molecule has 1 aromatic heterocycles. The van der Waals surface area contributed by atoms with Crippen molar-refractivity contribution < 1.29 is 26.2 Å². The van der Waals surface area contributed by atoms with E-state index >= 15 is 0 Å². The third kappa shape index (κ3) is 2.97. The Morgan fingerprint density at radius 2 is 2.67 bits per heavy atom. The Morgan fingerprint density at radius 1 is 2.11 bits per heavy atom. The third-order valence-corrected chi connectivity index (χ3v) is 1.49. The average Bonchev–Trinajstić information content (AvgIpc) is 2.19. The van der Waals surface area contributed by atoms with Gasteiger partial charge in [0.25, 0.3) is 5.56 Å². The zero-order chi connectivity index (χ0) is 7.98. The number of nitrogens with zero attached hydrogens (tertiary/aromatic N) is 1. The number of rotatable bonds is 0. The number of hydrogen-bond donors (Lipinski definition) is 1. The molecule has 1 aromatic rings. The van der Waals surface area contributed by atoms with Crippen molar-refractivity contribution in [3.05, 3.63) is 21.8 Å². The molecule has 0 aliphatic rings. The van der Waals surface area contributed by atoms with Gasteiger partial charge in [0.1, 0.15) is 0 Å². The van der Waals surface area contributed by atoms with Crippen molar-refractivity contribution in [3.8, 4) is 0 Å². The first-order valence-corrected chi connectivity index (χ1v) is 3.89. The molecule has 0 aromatic carbocycles. The second-order valence-corrected chi connectivity index (χ2v) is 2.27. The molecule has 0 aliphatic carbocycles. The molecular weight excluding hydrogens is 253 g/mol. The molecule has 0 atom stereocenters. The van der Waals surface area contributed by atoms with Crippen LogP contribution in [0, 0.1) is 0 Å². The Hall–Kier alpha value is 0.120. The van der Waals surface area contributed by atoms with Gasteiger partial charge in [0.2, 0.25) is 0 Å². The van der Waals surface area contributed by atoms with E-state index in [0.29, 0.717) is 0 Å². The topological polar surface area (TPSA) is 42.2 Å². The van der Waals surface area contributed by atoms with E-state index < -0.39 is 22.8 Å². The van der Waals surface area contributed by atoms with Gasteiger partial charge in [0.05, 0.1) is 0 Å². The van der Waals surface area contributed by atoms with Crippen molar-refractivity contribution >= 4 is 11.5 Å². The van der Waals surface area contributed by atoms with Crippen molar-refractivity contribution in [1.29, 1.82) is 0.594 Å². The molecule has 0 aliphatic heterocycles. The molecule has 1 heterocycles. The van der Waals surface area contributed by atoms with Crippen molar-refractivity contribution in [1.82, 2.24) is 3.96 Å². The summed E-state index contributed by atoms with van der Waals surface area (Å²) >= 11 is 0.249. The van der Waals surface area contributed by atoms with E-state index in [1.54, 1.807) is 22.5 Å². The Bertz CT molecular complexity index is 223. The fraction of sp³-hybridized carbons (Fsp3) is 0.250. The maximum absolute atomic E-state index is 10.4. The molecular formula is C4H7INO2S-. The van der Waals surface area contributed by atoms with Gasteiger partial charge < -0.3 is 0 Å². The zero-order valence-corrected chi connectivity index (χ0v) is 7.72. The summed E-state index contributed by atoms with van der Waals surface area (Å²) in [5.74, 6) is 0. The van der Waals surface area contributed by atoms with E-state index in [9.17, 15) is 4.79 Å². The average molecular weight is 262 g/mol. The molecule has 5 heteroatoms. The monoisotopic (exact) mass is 262 g/mol. The quantitative estimate of drug-likeness (QED) is 0.496. The van der Waals surface area contributed by atoms with E-state index in [-0.39, 0.29) is 5.56 Å². The predicted molar refractivity (Wildman–Crippen MR) is 33.2 cm³/mol. The van der Waals surface area contributed by atoms with E-state index in [0.717, 1.165) is 0 Å². The fourth-order valence-electron chi connectivity index (χ4n) is 0.337. The van der Waals surface area contributed by atoms with Crippen LogP contribution in [0.4, 0.5) is 0 Å². The molecule has 0 saturated carbocycles. The minimum atomic E-state index is -1.16. The zero-order valence-electron chi connectivity index (χ0n) is 5.74. The molecule has 0 bridgehead atoms. The van der Waals surface area contributed by atoms with Gasteiger partial charge >= 0.3 is 26.8 Å². The van der Waals surface area contributed by atoms with Crippen LogP contribution in [-0.4, -0.2) is 7.99 Å². The van der Waals surface area contributed by atoms with Crippen LogP contribution in [0.3, 0.4) is 0 Å². The Labute approximate surface area is 71.2 Å². The van der Waals surface area contributed by atoms with Gasteiger partial charge in [-0.25, -0.2) is 0 Å². The Balaban J connectivity index is 0.000000236. The number of hydrogen-bond acceptors (Lipinski definition) is 3. The molecule has 54 valence electrons. The van der Waals surface area contributed by atoms with Crippen LogP contribution in [0.2, 0.25) is 0 Å². The van der Waals surface area contributed by atoms with Crippen molar-refractivity contribution in [2.75, 3.05) is 0 Å². The predicted octanol–water partition coefficient (Wildman–Crippen LogP) is -3.37. The summed E-state index contributed by atoms with van der Waals surface area (Å²) in [5, 5.41) is 1.77. The first-order valence-electron chi connectivity index (χ1n) is 2.46. The molecule has 0 saturated heterocycles. The molecule has 0 fully saturated rings.